The summed E-state index contributed by atoms with van der Waals surface area (Å²) in [4.78, 5) is 12.3. The molecule has 0 aliphatic heterocycles. The number of fused-ring (bicyclic) bond motifs is 1. The molecule has 0 fully saturated rings. The standard InChI is InChI=1S/C24H20FN3O2/c25-19-8-4-7-18(14-19)24-20-13-16(9-11-21(20)27-28-24)10-12-23(30)26-22(15-29)17-5-2-1-3-6-17/h1-14,22,29H,15H2,(H,26,30)(H,27,28)/b12-10+/t22-/m1/s1. The number of nitrogens with zero attached hydrogens (tertiary/aromatic N) is 1. The number of amides is 1. The Morgan fingerprint density at radius 3 is 2.70 bits per heavy atom. The molecule has 3 N–H and O–H groups in total. The molecular weight excluding hydrogens is 381 g/mol. The molecule has 3 aromatic carbocycles. The highest BCUT2D eigenvalue weighted by Crippen LogP contribution is 2.27. The van der Waals surface area contributed by atoms with E-state index in [-0.39, 0.29) is 18.3 Å². The van der Waals surface area contributed by atoms with Crippen molar-refractivity contribution in [1.82, 2.24) is 15.5 Å². The van der Waals surface area contributed by atoms with E-state index >= 15 is 0 Å². The van der Waals surface area contributed by atoms with E-state index in [1.54, 1.807) is 18.2 Å². The number of hydrogen-bond donors (Lipinski definition) is 3. The number of aromatic amines is 1. The molecule has 150 valence electrons. The second-order valence-electron chi connectivity index (χ2n) is 6.88. The van der Waals surface area contributed by atoms with Crippen molar-refractivity contribution < 1.29 is 14.3 Å². The summed E-state index contributed by atoms with van der Waals surface area (Å²) < 4.78 is 13.6. The normalized spacial score (nSPS) is 12.3. The molecule has 1 atom stereocenters. The Labute approximate surface area is 172 Å². The fraction of sp³-hybridized carbons (Fsp3) is 0.0833. The van der Waals surface area contributed by atoms with Gasteiger partial charge >= 0.3 is 0 Å². The Balaban J connectivity index is 1.54. The van der Waals surface area contributed by atoms with E-state index in [1.165, 1.54) is 18.2 Å². The zero-order valence-corrected chi connectivity index (χ0v) is 16.0. The smallest absolute Gasteiger partial charge is 0.244 e. The molecule has 1 heterocycles. The van der Waals surface area contributed by atoms with Gasteiger partial charge in [-0.1, -0.05) is 48.5 Å². The van der Waals surface area contributed by atoms with Crippen molar-refractivity contribution in [2.75, 3.05) is 6.61 Å². The summed E-state index contributed by atoms with van der Waals surface area (Å²) in [5.41, 5.74) is 3.78. The first-order chi connectivity index (χ1) is 14.6. The van der Waals surface area contributed by atoms with E-state index in [9.17, 15) is 14.3 Å². The third-order valence-corrected chi connectivity index (χ3v) is 4.81. The Morgan fingerprint density at radius 1 is 1.10 bits per heavy atom. The van der Waals surface area contributed by atoms with Crippen LogP contribution in [0, 0.1) is 5.82 Å². The van der Waals surface area contributed by atoms with Crippen molar-refractivity contribution in [3.05, 3.63) is 95.8 Å². The molecule has 1 amide bonds. The van der Waals surface area contributed by atoms with E-state index in [4.69, 9.17) is 0 Å². The summed E-state index contributed by atoms with van der Waals surface area (Å²) in [6.07, 6.45) is 3.12. The number of hydrogen-bond acceptors (Lipinski definition) is 3. The number of halogens is 1. The number of rotatable bonds is 6. The molecule has 4 aromatic rings. The number of nitrogens with one attached hydrogen (secondary N) is 2. The highest BCUT2D eigenvalue weighted by atomic mass is 19.1. The fourth-order valence-corrected chi connectivity index (χ4v) is 3.30. The Kier molecular flexibility index (Phi) is 5.68. The van der Waals surface area contributed by atoms with Gasteiger partial charge in [-0.05, 0) is 41.5 Å². The number of H-pyrrole nitrogens is 1. The van der Waals surface area contributed by atoms with Crippen LogP contribution in [0.25, 0.3) is 28.2 Å². The molecule has 0 bridgehead atoms. The maximum Gasteiger partial charge on any atom is 0.244 e. The van der Waals surface area contributed by atoms with Crippen molar-refractivity contribution in [2.45, 2.75) is 6.04 Å². The molecule has 0 aliphatic rings. The molecule has 30 heavy (non-hydrogen) atoms. The van der Waals surface area contributed by atoms with Crippen LogP contribution in [0.15, 0.2) is 78.9 Å². The highest BCUT2D eigenvalue weighted by molar-refractivity contribution is 5.96. The average molecular weight is 401 g/mol. The van der Waals surface area contributed by atoms with E-state index in [2.05, 4.69) is 15.5 Å². The monoisotopic (exact) mass is 401 g/mol. The largest absolute Gasteiger partial charge is 0.394 e. The lowest BCUT2D eigenvalue weighted by Gasteiger charge is -2.15. The second-order valence-corrected chi connectivity index (χ2v) is 6.88. The molecule has 0 aliphatic carbocycles. The van der Waals surface area contributed by atoms with Gasteiger partial charge in [-0.2, -0.15) is 5.10 Å². The minimum atomic E-state index is -0.473. The lowest BCUT2D eigenvalue weighted by molar-refractivity contribution is -0.117. The number of aliphatic hydroxyl groups is 1. The van der Waals surface area contributed by atoms with Gasteiger partial charge in [-0.15, -0.1) is 0 Å². The van der Waals surface area contributed by atoms with Crippen molar-refractivity contribution in [3.8, 4) is 11.3 Å². The molecule has 0 unspecified atom stereocenters. The topological polar surface area (TPSA) is 78.0 Å². The van der Waals surface area contributed by atoms with Crippen molar-refractivity contribution in [2.24, 2.45) is 0 Å². The van der Waals surface area contributed by atoms with Crippen LogP contribution in [0.3, 0.4) is 0 Å². The Bertz CT molecular complexity index is 1200. The van der Waals surface area contributed by atoms with Crippen molar-refractivity contribution in [1.29, 1.82) is 0 Å². The molecule has 5 nitrogen and oxygen atoms in total. The molecule has 4 rings (SSSR count). The van der Waals surface area contributed by atoms with Gasteiger partial charge in [-0.3, -0.25) is 9.89 Å². The number of aromatic nitrogens is 2. The SMILES string of the molecule is O=C(/C=C/c1ccc2[nH]nc(-c3cccc(F)c3)c2c1)N[C@H](CO)c1ccccc1. The van der Waals surface area contributed by atoms with Crippen LogP contribution in [-0.4, -0.2) is 27.8 Å². The zero-order valence-electron chi connectivity index (χ0n) is 16.0. The van der Waals surface area contributed by atoms with E-state index < -0.39 is 6.04 Å². The molecule has 1 aromatic heterocycles. The molecule has 6 heteroatoms. The molecular formula is C24H20FN3O2. The summed E-state index contributed by atoms with van der Waals surface area (Å²) in [7, 11) is 0. The van der Waals surface area contributed by atoms with Crippen LogP contribution in [0.4, 0.5) is 4.39 Å². The van der Waals surface area contributed by atoms with E-state index in [0.29, 0.717) is 11.3 Å². The van der Waals surface area contributed by atoms with Gasteiger partial charge in [0.25, 0.3) is 0 Å². The van der Waals surface area contributed by atoms with Gasteiger partial charge in [0.15, 0.2) is 0 Å². The van der Waals surface area contributed by atoms with E-state index in [0.717, 1.165) is 22.0 Å². The maximum absolute atomic E-state index is 13.6. The number of carbonyl (C=O) groups excluding carboxylic acids is 1. The minimum absolute atomic E-state index is 0.193. The number of aliphatic hydroxyl groups excluding tert-OH is 1. The minimum Gasteiger partial charge on any atom is -0.394 e. The van der Waals surface area contributed by atoms with Crippen LogP contribution in [-0.2, 0) is 4.79 Å². The second kappa shape index (κ2) is 8.71. The molecule has 0 spiro atoms. The van der Waals surface area contributed by atoms with Crippen LogP contribution >= 0.6 is 0 Å². The summed E-state index contributed by atoms with van der Waals surface area (Å²) in [6.45, 7) is -0.193. The lowest BCUT2D eigenvalue weighted by atomic mass is 10.1. The third kappa shape index (κ3) is 4.29. The predicted molar refractivity (Wildman–Crippen MR) is 115 cm³/mol. The van der Waals surface area contributed by atoms with Crippen LogP contribution in [0.2, 0.25) is 0 Å². The highest BCUT2D eigenvalue weighted by Gasteiger charge is 2.12. The van der Waals surface area contributed by atoms with Gasteiger partial charge in [0.2, 0.25) is 5.91 Å². The Hall–Kier alpha value is -3.77. The average Bonchev–Trinajstić information content (AvgIpc) is 3.20. The molecule has 0 saturated carbocycles. The van der Waals surface area contributed by atoms with Gasteiger partial charge in [0.1, 0.15) is 11.5 Å². The maximum atomic E-state index is 13.6. The molecule has 0 radical (unpaired) electrons. The van der Waals surface area contributed by atoms with Crippen LogP contribution in [0.1, 0.15) is 17.2 Å². The van der Waals surface area contributed by atoms with Gasteiger partial charge in [0.05, 0.1) is 18.2 Å². The summed E-state index contributed by atoms with van der Waals surface area (Å²) in [5.74, 6) is -0.635. The third-order valence-electron chi connectivity index (χ3n) is 4.81. The van der Waals surface area contributed by atoms with Crippen LogP contribution in [0.5, 0.6) is 0 Å². The summed E-state index contributed by atoms with van der Waals surface area (Å²) >= 11 is 0. The summed E-state index contributed by atoms with van der Waals surface area (Å²) in [6, 6.07) is 20.7. The summed E-state index contributed by atoms with van der Waals surface area (Å²) in [5, 5.41) is 20.5. The Morgan fingerprint density at radius 2 is 1.93 bits per heavy atom. The van der Waals surface area contributed by atoms with Gasteiger partial charge in [0, 0.05) is 17.0 Å². The van der Waals surface area contributed by atoms with Crippen molar-refractivity contribution >= 4 is 22.9 Å². The lowest BCUT2D eigenvalue weighted by Crippen LogP contribution is -2.29. The zero-order chi connectivity index (χ0) is 20.9. The van der Waals surface area contributed by atoms with Crippen LogP contribution < -0.4 is 5.32 Å². The predicted octanol–water partition coefficient (Wildman–Crippen LogP) is 4.23. The first kappa shape index (κ1) is 19.5. The fourth-order valence-electron chi connectivity index (χ4n) is 3.30. The first-order valence-electron chi connectivity index (χ1n) is 9.52. The van der Waals surface area contributed by atoms with E-state index in [1.807, 2.05) is 48.5 Å². The number of carbonyl (C=O) groups is 1. The quantitative estimate of drug-likeness (QED) is 0.423. The van der Waals surface area contributed by atoms with Crippen molar-refractivity contribution in [3.63, 3.8) is 0 Å². The van der Waals surface area contributed by atoms with Gasteiger partial charge < -0.3 is 10.4 Å². The van der Waals surface area contributed by atoms with Gasteiger partial charge in [-0.25, -0.2) is 4.39 Å². The first-order valence-corrected chi connectivity index (χ1v) is 9.52. The number of benzene rings is 3. The molecule has 0 saturated heterocycles.